The molecule has 2 aromatic heterocycles. The van der Waals surface area contributed by atoms with E-state index in [-0.39, 0.29) is 24.1 Å². The van der Waals surface area contributed by atoms with Crippen LogP contribution in [0.15, 0.2) is 35.1 Å². The summed E-state index contributed by atoms with van der Waals surface area (Å²) in [6.45, 7) is 5.89. The Morgan fingerprint density at radius 2 is 1.86 bits per heavy atom. The minimum Gasteiger partial charge on any atom is -0.496 e. The highest BCUT2D eigenvalue weighted by Crippen LogP contribution is 2.36. The van der Waals surface area contributed by atoms with E-state index in [1.807, 2.05) is 36.1 Å². The SMILES string of the molecule is COc1cc(C)[nH]c(=O)c1CNC(=O)c1c(C)n(C(C)C2CCN(C(CF)CF)CC2)c2ccccc12. The minimum atomic E-state index is -0.670. The number of likely N-dealkylation sites (tertiary alicyclic amines) is 1. The van der Waals surface area contributed by atoms with Gasteiger partial charge in [0, 0.05) is 28.3 Å². The number of piperidine rings is 1. The van der Waals surface area contributed by atoms with Crippen LogP contribution in [0.2, 0.25) is 0 Å². The third-order valence-corrected chi connectivity index (χ3v) is 7.79. The zero-order chi connectivity index (χ0) is 26.7. The van der Waals surface area contributed by atoms with Crippen molar-refractivity contribution in [2.24, 2.45) is 5.92 Å². The molecule has 3 aromatic rings. The number of ether oxygens (including phenoxy) is 1. The first-order chi connectivity index (χ1) is 17.8. The number of fused-ring (bicyclic) bond motifs is 1. The van der Waals surface area contributed by atoms with E-state index in [0.29, 0.717) is 41.6 Å². The van der Waals surface area contributed by atoms with E-state index in [1.165, 1.54) is 7.11 Å². The number of para-hydroxylation sites is 1. The number of methoxy groups -OCH3 is 1. The van der Waals surface area contributed by atoms with Crippen LogP contribution in [0.25, 0.3) is 10.9 Å². The second kappa shape index (κ2) is 11.5. The molecule has 1 atom stereocenters. The number of nitrogens with zero attached hydrogens (tertiary/aromatic N) is 2. The molecule has 7 nitrogen and oxygen atoms in total. The fourth-order valence-electron chi connectivity index (χ4n) is 5.71. The number of aromatic nitrogens is 2. The largest absolute Gasteiger partial charge is 0.496 e. The van der Waals surface area contributed by atoms with Gasteiger partial charge in [0.2, 0.25) is 0 Å². The van der Waals surface area contributed by atoms with E-state index in [2.05, 4.69) is 21.8 Å². The molecule has 3 heterocycles. The number of halogens is 2. The number of benzene rings is 1. The van der Waals surface area contributed by atoms with Crippen molar-refractivity contribution in [3.8, 4) is 5.75 Å². The summed E-state index contributed by atoms with van der Waals surface area (Å²) in [6.07, 6.45) is 1.67. The van der Waals surface area contributed by atoms with Gasteiger partial charge in [0.15, 0.2) is 0 Å². The molecule has 1 saturated heterocycles. The molecule has 37 heavy (non-hydrogen) atoms. The molecule has 1 aliphatic heterocycles. The molecule has 1 aliphatic rings. The summed E-state index contributed by atoms with van der Waals surface area (Å²) < 4.78 is 33.9. The third-order valence-electron chi connectivity index (χ3n) is 7.79. The normalized spacial score (nSPS) is 15.9. The van der Waals surface area contributed by atoms with Gasteiger partial charge in [-0.3, -0.25) is 14.5 Å². The highest BCUT2D eigenvalue weighted by atomic mass is 19.1. The Morgan fingerprint density at radius 3 is 2.51 bits per heavy atom. The van der Waals surface area contributed by atoms with Gasteiger partial charge in [-0.1, -0.05) is 18.2 Å². The molecular formula is C28H36F2N4O3. The lowest BCUT2D eigenvalue weighted by Gasteiger charge is -2.38. The molecule has 0 radical (unpaired) electrons. The summed E-state index contributed by atoms with van der Waals surface area (Å²) in [6, 6.07) is 9.00. The fraction of sp³-hybridized carbons (Fsp3) is 0.500. The molecule has 1 amide bonds. The van der Waals surface area contributed by atoms with Crippen LogP contribution >= 0.6 is 0 Å². The molecule has 4 rings (SSSR count). The van der Waals surface area contributed by atoms with Crippen LogP contribution in [0.4, 0.5) is 8.78 Å². The Bertz CT molecular complexity index is 1310. The lowest BCUT2D eigenvalue weighted by atomic mass is 9.89. The molecule has 1 fully saturated rings. The number of rotatable bonds is 9. The molecule has 200 valence electrons. The van der Waals surface area contributed by atoms with Gasteiger partial charge in [-0.25, -0.2) is 8.78 Å². The van der Waals surface area contributed by atoms with Crippen molar-refractivity contribution < 1.29 is 18.3 Å². The molecule has 0 spiro atoms. The summed E-state index contributed by atoms with van der Waals surface area (Å²) >= 11 is 0. The lowest BCUT2D eigenvalue weighted by molar-refractivity contribution is 0.0837. The number of alkyl halides is 2. The van der Waals surface area contributed by atoms with E-state index in [0.717, 1.165) is 29.4 Å². The van der Waals surface area contributed by atoms with E-state index in [1.54, 1.807) is 13.0 Å². The van der Waals surface area contributed by atoms with Crippen LogP contribution in [0, 0.1) is 19.8 Å². The highest BCUT2D eigenvalue weighted by Gasteiger charge is 2.31. The zero-order valence-corrected chi connectivity index (χ0v) is 21.9. The van der Waals surface area contributed by atoms with Gasteiger partial charge in [-0.05, 0) is 64.8 Å². The average Bonchev–Trinajstić information content (AvgIpc) is 3.19. The van der Waals surface area contributed by atoms with Gasteiger partial charge in [-0.15, -0.1) is 0 Å². The summed E-state index contributed by atoms with van der Waals surface area (Å²) in [5.41, 5.74) is 3.15. The number of aryl methyl sites for hydroxylation is 1. The molecular weight excluding hydrogens is 478 g/mol. The number of H-pyrrole nitrogens is 1. The first kappa shape index (κ1) is 26.9. The van der Waals surface area contributed by atoms with Crippen LogP contribution in [-0.4, -0.2) is 59.9 Å². The molecule has 2 N–H and O–H groups in total. The molecule has 0 bridgehead atoms. The Labute approximate surface area is 215 Å². The van der Waals surface area contributed by atoms with Crippen LogP contribution < -0.4 is 15.6 Å². The molecule has 1 aromatic carbocycles. The Hall–Kier alpha value is -3.20. The number of amides is 1. The molecule has 0 aliphatic carbocycles. The Morgan fingerprint density at radius 1 is 1.19 bits per heavy atom. The first-order valence-electron chi connectivity index (χ1n) is 12.8. The van der Waals surface area contributed by atoms with Gasteiger partial charge in [-0.2, -0.15) is 0 Å². The maximum Gasteiger partial charge on any atom is 0.256 e. The maximum absolute atomic E-state index is 13.5. The Kier molecular flexibility index (Phi) is 8.32. The first-order valence-corrected chi connectivity index (χ1v) is 12.8. The Balaban J connectivity index is 1.59. The fourth-order valence-corrected chi connectivity index (χ4v) is 5.71. The topological polar surface area (TPSA) is 79.4 Å². The van der Waals surface area contributed by atoms with Crippen LogP contribution in [0.3, 0.4) is 0 Å². The molecule has 0 saturated carbocycles. The number of pyridine rings is 1. The van der Waals surface area contributed by atoms with Crippen molar-refractivity contribution in [1.29, 1.82) is 0 Å². The van der Waals surface area contributed by atoms with Crippen molar-refractivity contribution >= 4 is 16.8 Å². The van der Waals surface area contributed by atoms with Gasteiger partial charge >= 0.3 is 0 Å². The second-order valence-corrected chi connectivity index (χ2v) is 9.94. The van der Waals surface area contributed by atoms with E-state index < -0.39 is 19.4 Å². The van der Waals surface area contributed by atoms with Crippen molar-refractivity contribution in [2.75, 3.05) is 33.5 Å². The average molecular weight is 515 g/mol. The summed E-state index contributed by atoms with van der Waals surface area (Å²) in [5.74, 6) is 0.491. The van der Waals surface area contributed by atoms with Crippen molar-refractivity contribution in [1.82, 2.24) is 19.8 Å². The van der Waals surface area contributed by atoms with Crippen LogP contribution in [-0.2, 0) is 6.54 Å². The predicted octanol–water partition coefficient (Wildman–Crippen LogP) is 4.47. The van der Waals surface area contributed by atoms with Gasteiger partial charge in [0.25, 0.3) is 11.5 Å². The van der Waals surface area contributed by atoms with E-state index in [9.17, 15) is 18.4 Å². The number of carbonyl (C=O) groups excluding carboxylic acids is 1. The summed E-state index contributed by atoms with van der Waals surface area (Å²) in [5, 5.41) is 3.76. The maximum atomic E-state index is 13.5. The minimum absolute atomic E-state index is 0.0366. The monoisotopic (exact) mass is 514 g/mol. The van der Waals surface area contributed by atoms with Crippen LogP contribution in [0.5, 0.6) is 5.75 Å². The molecule has 1 unspecified atom stereocenters. The lowest BCUT2D eigenvalue weighted by Crippen LogP contribution is -2.44. The zero-order valence-electron chi connectivity index (χ0n) is 21.9. The van der Waals surface area contributed by atoms with Crippen molar-refractivity contribution in [2.45, 2.75) is 52.2 Å². The number of carbonyl (C=O) groups is 1. The smallest absolute Gasteiger partial charge is 0.256 e. The van der Waals surface area contributed by atoms with E-state index in [4.69, 9.17) is 4.74 Å². The van der Waals surface area contributed by atoms with Crippen LogP contribution in [0.1, 0.15) is 53.1 Å². The summed E-state index contributed by atoms with van der Waals surface area (Å²) in [4.78, 5) is 30.6. The number of hydrogen-bond donors (Lipinski definition) is 2. The highest BCUT2D eigenvalue weighted by molar-refractivity contribution is 6.08. The number of hydrogen-bond acceptors (Lipinski definition) is 4. The third kappa shape index (κ3) is 5.28. The predicted molar refractivity (Wildman–Crippen MR) is 141 cm³/mol. The standard InChI is InChI=1S/C28H36F2N4O3/c1-17-13-25(37-4)23(27(35)32-17)16-31-28(36)26-19(3)34(24-8-6-5-7-22(24)26)18(2)20-9-11-33(12-10-20)21(14-29)15-30/h5-8,13,18,20-21H,9-12,14-16H2,1-4H3,(H,31,36)(H,32,35). The van der Waals surface area contributed by atoms with Gasteiger partial charge < -0.3 is 19.6 Å². The molecule has 9 heteroatoms. The summed E-state index contributed by atoms with van der Waals surface area (Å²) in [7, 11) is 1.50. The van der Waals surface area contributed by atoms with Gasteiger partial charge in [0.1, 0.15) is 19.1 Å². The quantitative estimate of drug-likeness (QED) is 0.442. The number of aromatic amines is 1. The van der Waals surface area contributed by atoms with Crippen molar-refractivity contribution in [3.05, 3.63) is 63.2 Å². The van der Waals surface area contributed by atoms with Crippen molar-refractivity contribution in [3.63, 3.8) is 0 Å². The second-order valence-electron chi connectivity index (χ2n) is 9.94. The van der Waals surface area contributed by atoms with Gasteiger partial charge in [0.05, 0.1) is 30.8 Å². The number of nitrogens with one attached hydrogen (secondary N) is 2. The van der Waals surface area contributed by atoms with E-state index >= 15 is 0 Å².